The van der Waals surface area contributed by atoms with E-state index in [1.165, 1.54) is 0 Å². The number of carbonyl (C=O) groups is 1. The molecular weight excluding hydrogens is 257 g/mol. The van der Waals surface area contributed by atoms with Gasteiger partial charge in [-0.2, -0.15) is 22.5 Å². The summed E-state index contributed by atoms with van der Waals surface area (Å²) < 4.78 is 39.6. The van der Waals surface area contributed by atoms with Crippen LogP contribution in [0.4, 0.5) is 18.3 Å². The molecule has 1 heterocycles. The maximum Gasteiger partial charge on any atom is 0.452 e. The molecule has 1 aromatic rings. The first-order valence-corrected chi connectivity index (χ1v) is 5.50. The van der Waals surface area contributed by atoms with E-state index in [1.54, 1.807) is 13.8 Å². The van der Waals surface area contributed by atoms with Crippen molar-refractivity contribution in [3.05, 3.63) is 5.82 Å². The Morgan fingerprint density at radius 1 is 1.47 bits per heavy atom. The fraction of sp³-hybridized carbons (Fsp3) is 0.625. The minimum absolute atomic E-state index is 0.0237. The fourth-order valence-corrected chi connectivity index (χ4v) is 1.52. The van der Waals surface area contributed by atoms with Gasteiger partial charge in [0.1, 0.15) is 0 Å². The topological polar surface area (TPSA) is 66.9 Å². The van der Waals surface area contributed by atoms with Crippen LogP contribution in [-0.4, -0.2) is 27.9 Å². The van der Waals surface area contributed by atoms with Crippen molar-refractivity contribution in [3.8, 4) is 0 Å². The van der Waals surface area contributed by atoms with E-state index >= 15 is 0 Å². The Morgan fingerprint density at radius 3 is 2.59 bits per heavy atom. The van der Waals surface area contributed by atoms with E-state index in [-0.39, 0.29) is 23.6 Å². The third-order valence-electron chi connectivity index (χ3n) is 1.53. The summed E-state index contributed by atoms with van der Waals surface area (Å²) in [6, 6.07) is -0.0237. The lowest BCUT2D eigenvalue weighted by molar-refractivity contribution is -0.144. The number of rotatable bonds is 4. The number of alkyl halides is 3. The molecule has 0 unspecified atom stereocenters. The highest BCUT2D eigenvalue weighted by Gasteiger charge is 2.36. The van der Waals surface area contributed by atoms with Gasteiger partial charge < -0.3 is 10.6 Å². The van der Waals surface area contributed by atoms with Gasteiger partial charge in [0, 0.05) is 17.6 Å². The molecule has 5 nitrogen and oxygen atoms in total. The van der Waals surface area contributed by atoms with E-state index in [0.29, 0.717) is 11.5 Å². The van der Waals surface area contributed by atoms with Crippen molar-refractivity contribution in [1.29, 1.82) is 0 Å². The van der Waals surface area contributed by atoms with Crippen LogP contribution in [-0.2, 0) is 11.0 Å². The lowest BCUT2D eigenvalue weighted by Gasteiger charge is -2.07. The molecule has 2 N–H and O–H groups in total. The molecule has 0 aliphatic carbocycles. The summed E-state index contributed by atoms with van der Waals surface area (Å²) in [4.78, 5) is 14.4. The molecule has 0 aromatic carbocycles. The summed E-state index contributed by atoms with van der Waals surface area (Å²) in [7, 11) is 0. The molecule has 0 radical (unpaired) electrons. The molecule has 0 atom stereocenters. The first kappa shape index (κ1) is 13.7. The molecule has 1 aromatic heterocycles. The zero-order valence-corrected chi connectivity index (χ0v) is 9.95. The molecular formula is C8H11F3N4OS. The molecule has 96 valence electrons. The van der Waals surface area contributed by atoms with Crippen molar-refractivity contribution in [2.45, 2.75) is 26.1 Å². The normalized spacial score (nSPS) is 11.6. The summed E-state index contributed by atoms with van der Waals surface area (Å²) in [5.41, 5.74) is 0. The molecule has 0 bridgehead atoms. The van der Waals surface area contributed by atoms with E-state index in [1.807, 2.05) is 0 Å². The van der Waals surface area contributed by atoms with Gasteiger partial charge in [0.2, 0.25) is 16.9 Å². The summed E-state index contributed by atoms with van der Waals surface area (Å²) in [6.07, 6.45) is -4.56. The summed E-state index contributed by atoms with van der Waals surface area (Å²) in [5.74, 6) is -1.52. The van der Waals surface area contributed by atoms with Gasteiger partial charge in [-0.1, -0.05) is 0 Å². The minimum atomic E-state index is -4.56. The van der Waals surface area contributed by atoms with Crippen LogP contribution < -0.4 is 10.6 Å². The van der Waals surface area contributed by atoms with Gasteiger partial charge in [-0.15, -0.1) is 0 Å². The molecule has 9 heteroatoms. The molecule has 0 aliphatic rings. The van der Waals surface area contributed by atoms with Crippen LogP contribution in [0.15, 0.2) is 0 Å². The zero-order valence-electron chi connectivity index (χ0n) is 9.13. The quantitative estimate of drug-likeness (QED) is 0.868. The third kappa shape index (κ3) is 4.55. The van der Waals surface area contributed by atoms with Crippen molar-refractivity contribution in [3.63, 3.8) is 0 Å². The van der Waals surface area contributed by atoms with Crippen molar-refractivity contribution in [1.82, 2.24) is 14.7 Å². The predicted octanol–water partition coefficient (Wildman–Crippen LogP) is 1.49. The highest BCUT2D eigenvalue weighted by atomic mass is 32.1. The highest BCUT2D eigenvalue weighted by Crippen LogP contribution is 2.28. The highest BCUT2D eigenvalue weighted by molar-refractivity contribution is 7.09. The van der Waals surface area contributed by atoms with Crippen LogP contribution >= 0.6 is 11.5 Å². The number of nitrogens with zero attached hydrogens (tertiary/aromatic N) is 2. The van der Waals surface area contributed by atoms with Crippen LogP contribution in [0.2, 0.25) is 0 Å². The molecule has 1 amide bonds. The predicted molar refractivity (Wildman–Crippen MR) is 56.7 cm³/mol. The number of nitrogens with one attached hydrogen (secondary N) is 2. The van der Waals surface area contributed by atoms with Gasteiger partial charge in [-0.3, -0.25) is 4.79 Å². The van der Waals surface area contributed by atoms with Gasteiger partial charge in [-0.25, -0.2) is 0 Å². The number of halogens is 3. The summed E-state index contributed by atoms with van der Waals surface area (Å²) >= 11 is 0.565. The van der Waals surface area contributed by atoms with Gasteiger partial charge in [0.25, 0.3) is 0 Å². The second-order valence-corrected chi connectivity index (χ2v) is 4.25. The second kappa shape index (κ2) is 5.30. The fourth-order valence-electron chi connectivity index (χ4n) is 0.939. The first-order valence-electron chi connectivity index (χ1n) is 4.73. The Balaban J connectivity index is 2.48. The molecule has 17 heavy (non-hydrogen) atoms. The van der Waals surface area contributed by atoms with E-state index in [4.69, 9.17) is 0 Å². The summed E-state index contributed by atoms with van der Waals surface area (Å²) in [6.45, 7) is 3.43. The summed E-state index contributed by atoms with van der Waals surface area (Å²) in [5, 5.41) is 5.03. The first-order chi connectivity index (χ1) is 7.79. The Kier molecular flexibility index (Phi) is 4.27. The minimum Gasteiger partial charge on any atom is -0.352 e. The Hall–Kier alpha value is -1.38. The maximum absolute atomic E-state index is 12.1. The van der Waals surface area contributed by atoms with Crippen molar-refractivity contribution < 1.29 is 18.0 Å². The number of carbonyl (C=O) groups excluding carboxylic acids is 1. The molecule has 0 aliphatic heterocycles. The molecule has 0 spiro atoms. The van der Waals surface area contributed by atoms with Crippen LogP contribution in [0.1, 0.15) is 19.7 Å². The largest absolute Gasteiger partial charge is 0.452 e. The third-order valence-corrected chi connectivity index (χ3v) is 2.20. The average molecular weight is 268 g/mol. The number of hydrogen-bond donors (Lipinski definition) is 2. The van der Waals surface area contributed by atoms with Crippen LogP contribution in [0.3, 0.4) is 0 Å². The molecule has 0 saturated heterocycles. The SMILES string of the molecule is CC(C)NC(=O)CNc1nc(C(F)(F)F)ns1. The van der Waals surface area contributed by atoms with Gasteiger partial charge in [-0.05, 0) is 13.8 Å². The van der Waals surface area contributed by atoms with E-state index in [9.17, 15) is 18.0 Å². The standard InChI is InChI=1S/C8H11F3N4OS/c1-4(2)13-5(16)3-12-7-14-6(15-17-7)8(9,10)11/h4H,3H2,1-2H3,(H,13,16)(H,12,14,15). The van der Waals surface area contributed by atoms with E-state index < -0.39 is 12.0 Å². The Bertz CT molecular complexity index is 390. The van der Waals surface area contributed by atoms with Crippen molar-refractivity contribution >= 4 is 22.6 Å². The average Bonchev–Trinajstić information content (AvgIpc) is 2.61. The number of aromatic nitrogens is 2. The van der Waals surface area contributed by atoms with E-state index in [2.05, 4.69) is 20.0 Å². The van der Waals surface area contributed by atoms with Gasteiger partial charge in [0.05, 0.1) is 6.54 Å². The Morgan fingerprint density at radius 2 is 2.12 bits per heavy atom. The van der Waals surface area contributed by atoms with Crippen LogP contribution in [0.5, 0.6) is 0 Å². The number of hydrogen-bond acceptors (Lipinski definition) is 5. The smallest absolute Gasteiger partial charge is 0.352 e. The maximum atomic E-state index is 12.1. The number of amides is 1. The molecule has 0 saturated carbocycles. The number of anilines is 1. The molecule has 0 fully saturated rings. The second-order valence-electron chi connectivity index (χ2n) is 3.50. The van der Waals surface area contributed by atoms with Crippen molar-refractivity contribution in [2.24, 2.45) is 0 Å². The van der Waals surface area contributed by atoms with Crippen molar-refractivity contribution in [2.75, 3.05) is 11.9 Å². The Labute approximate surface area is 99.6 Å². The lowest BCUT2D eigenvalue weighted by atomic mass is 10.4. The van der Waals surface area contributed by atoms with Gasteiger partial charge >= 0.3 is 6.18 Å². The van der Waals surface area contributed by atoms with Gasteiger partial charge in [0.15, 0.2) is 0 Å². The lowest BCUT2D eigenvalue weighted by Crippen LogP contribution is -2.34. The van der Waals surface area contributed by atoms with Crippen LogP contribution in [0.25, 0.3) is 0 Å². The zero-order chi connectivity index (χ0) is 13.1. The van der Waals surface area contributed by atoms with E-state index in [0.717, 1.165) is 0 Å². The molecule has 1 rings (SSSR count). The monoisotopic (exact) mass is 268 g/mol. The van der Waals surface area contributed by atoms with Crippen LogP contribution in [0, 0.1) is 0 Å².